The summed E-state index contributed by atoms with van der Waals surface area (Å²) >= 11 is 0. The molecule has 0 saturated heterocycles. The summed E-state index contributed by atoms with van der Waals surface area (Å²) in [5.74, 6) is 4.28. The summed E-state index contributed by atoms with van der Waals surface area (Å²) in [4.78, 5) is 14.9. The number of aryl methyl sites for hydroxylation is 1. The van der Waals surface area contributed by atoms with E-state index in [4.69, 9.17) is 5.84 Å². The van der Waals surface area contributed by atoms with Crippen molar-refractivity contribution in [2.75, 3.05) is 0 Å². The second-order valence-corrected chi connectivity index (χ2v) is 2.70. The lowest BCUT2D eigenvalue weighted by atomic mass is 10.3. The highest BCUT2D eigenvalue weighted by molar-refractivity contribution is 5.93. The summed E-state index contributed by atoms with van der Waals surface area (Å²) in [5.41, 5.74) is 2.31. The van der Waals surface area contributed by atoms with E-state index in [2.05, 4.69) is 4.98 Å². The normalized spacial score (nSPS) is 10.6. The van der Waals surface area contributed by atoms with Crippen molar-refractivity contribution in [1.29, 1.82) is 0 Å². The highest BCUT2D eigenvalue weighted by atomic mass is 19.3. The van der Waals surface area contributed by atoms with E-state index < -0.39 is 18.9 Å². The van der Waals surface area contributed by atoms with E-state index in [0.717, 1.165) is 4.57 Å². The standard InChI is InChI=1S/C7H10F2N4O/c1-4-6(7(14)12-10)13(3-11-4)2-5(8)9/h3,5H,2,10H2,1H3,(H,12,14). The van der Waals surface area contributed by atoms with Crippen LogP contribution in [-0.2, 0) is 6.54 Å². The van der Waals surface area contributed by atoms with Crippen LogP contribution in [0.3, 0.4) is 0 Å². The smallest absolute Gasteiger partial charge is 0.283 e. The summed E-state index contributed by atoms with van der Waals surface area (Å²) < 4.78 is 25.2. The van der Waals surface area contributed by atoms with E-state index in [1.807, 2.05) is 5.43 Å². The third-order valence-electron chi connectivity index (χ3n) is 1.70. The van der Waals surface area contributed by atoms with Gasteiger partial charge in [0.2, 0.25) is 0 Å². The zero-order chi connectivity index (χ0) is 10.7. The molecule has 0 radical (unpaired) electrons. The van der Waals surface area contributed by atoms with Crippen molar-refractivity contribution >= 4 is 5.91 Å². The number of amides is 1. The number of nitrogen functional groups attached to an aromatic ring is 1. The number of rotatable bonds is 3. The lowest BCUT2D eigenvalue weighted by Crippen LogP contribution is -2.32. The largest absolute Gasteiger partial charge is 0.321 e. The van der Waals surface area contributed by atoms with Crippen molar-refractivity contribution in [3.05, 3.63) is 17.7 Å². The Morgan fingerprint density at radius 1 is 1.79 bits per heavy atom. The molecular formula is C7H10F2N4O. The Hall–Kier alpha value is -1.50. The minimum Gasteiger partial charge on any atom is -0.321 e. The number of nitrogens with one attached hydrogen (secondary N) is 1. The number of halogens is 2. The Morgan fingerprint density at radius 3 is 2.93 bits per heavy atom. The fraction of sp³-hybridized carbons (Fsp3) is 0.429. The van der Waals surface area contributed by atoms with Gasteiger partial charge in [-0.15, -0.1) is 0 Å². The maximum Gasteiger partial charge on any atom is 0.283 e. The first kappa shape index (κ1) is 10.6. The van der Waals surface area contributed by atoms with Gasteiger partial charge in [-0.25, -0.2) is 19.6 Å². The Labute approximate surface area is 78.9 Å². The van der Waals surface area contributed by atoms with Crippen LogP contribution in [-0.4, -0.2) is 21.9 Å². The molecule has 1 aromatic heterocycles. The van der Waals surface area contributed by atoms with Crippen molar-refractivity contribution in [2.24, 2.45) is 5.84 Å². The highest BCUT2D eigenvalue weighted by Crippen LogP contribution is 2.08. The second kappa shape index (κ2) is 4.14. The quantitative estimate of drug-likeness (QED) is 0.415. The van der Waals surface area contributed by atoms with Gasteiger partial charge in [0.05, 0.1) is 18.6 Å². The SMILES string of the molecule is Cc1ncn(CC(F)F)c1C(=O)NN. The van der Waals surface area contributed by atoms with Crippen LogP contribution in [0.15, 0.2) is 6.33 Å². The third kappa shape index (κ3) is 2.05. The highest BCUT2D eigenvalue weighted by Gasteiger charge is 2.17. The molecule has 14 heavy (non-hydrogen) atoms. The first-order chi connectivity index (χ1) is 6.56. The van der Waals surface area contributed by atoms with Crippen LogP contribution in [0.25, 0.3) is 0 Å². The van der Waals surface area contributed by atoms with Crippen molar-refractivity contribution in [1.82, 2.24) is 15.0 Å². The molecule has 0 fully saturated rings. The molecule has 0 aliphatic rings. The van der Waals surface area contributed by atoms with Crippen LogP contribution in [0.4, 0.5) is 8.78 Å². The van der Waals surface area contributed by atoms with Gasteiger partial charge in [0.1, 0.15) is 5.69 Å². The maximum absolute atomic E-state index is 12.1. The average molecular weight is 204 g/mol. The number of nitrogens with two attached hydrogens (primary N) is 1. The fourth-order valence-corrected chi connectivity index (χ4v) is 1.13. The van der Waals surface area contributed by atoms with Gasteiger partial charge < -0.3 is 4.57 Å². The van der Waals surface area contributed by atoms with Gasteiger partial charge in [-0.3, -0.25) is 10.2 Å². The molecule has 0 unspecified atom stereocenters. The van der Waals surface area contributed by atoms with E-state index >= 15 is 0 Å². The number of carbonyl (C=O) groups excluding carboxylic acids is 1. The number of hydrogen-bond acceptors (Lipinski definition) is 3. The van der Waals surface area contributed by atoms with Crippen LogP contribution < -0.4 is 11.3 Å². The number of hydrogen-bond donors (Lipinski definition) is 2. The molecule has 78 valence electrons. The molecule has 1 aromatic rings. The number of imidazole rings is 1. The van der Waals surface area contributed by atoms with Crippen LogP contribution in [0, 0.1) is 6.92 Å². The first-order valence-corrected chi connectivity index (χ1v) is 3.87. The summed E-state index contributed by atoms with van der Waals surface area (Å²) in [5, 5.41) is 0. The van der Waals surface area contributed by atoms with Crippen LogP contribution in [0.5, 0.6) is 0 Å². The van der Waals surface area contributed by atoms with Crippen molar-refractivity contribution in [3.63, 3.8) is 0 Å². The van der Waals surface area contributed by atoms with Crippen LogP contribution >= 0.6 is 0 Å². The molecule has 1 heterocycles. The maximum atomic E-state index is 12.1. The van der Waals surface area contributed by atoms with E-state index in [1.165, 1.54) is 6.33 Å². The molecule has 3 N–H and O–H groups in total. The van der Waals surface area contributed by atoms with Crippen LogP contribution in [0.2, 0.25) is 0 Å². The van der Waals surface area contributed by atoms with E-state index in [0.29, 0.717) is 5.69 Å². The number of aromatic nitrogens is 2. The van der Waals surface area contributed by atoms with Crippen molar-refractivity contribution < 1.29 is 13.6 Å². The zero-order valence-corrected chi connectivity index (χ0v) is 7.50. The minimum absolute atomic E-state index is 0.0628. The van der Waals surface area contributed by atoms with Crippen LogP contribution in [0.1, 0.15) is 16.2 Å². The van der Waals surface area contributed by atoms with E-state index in [9.17, 15) is 13.6 Å². The van der Waals surface area contributed by atoms with Gasteiger partial charge in [-0.2, -0.15) is 0 Å². The molecule has 5 nitrogen and oxygen atoms in total. The summed E-state index contributed by atoms with van der Waals surface area (Å²) in [7, 11) is 0. The Kier molecular flexibility index (Phi) is 3.13. The molecular weight excluding hydrogens is 194 g/mol. The Morgan fingerprint density at radius 2 is 2.43 bits per heavy atom. The monoisotopic (exact) mass is 204 g/mol. The predicted octanol–water partition coefficient (Wildman–Crippen LogP) is 0.0601. The molecule has 7 heteroatoms. The fourth-order valence-electron chi connectivity index (χ4n) is 1.13. The predicted molar refractivity (Wildman–Crippen MR) is 44.6 cm³/mol. The molecule has 0 bridgehead atoms. The van der Waals surface area contributed by atoms with Gasteiger partial charge in [0.15, 0.2) is 0 Å². The summed E-state index contributed by atoms with van der Waals surface area (Å²) in [6, 6.07) is 0. The molecule has 0 spiro atoms. The number of carbonyl (C=O) groups is 1. The molecule has 0 aliphatic heterocycles. The topological polar surface area (TPSA) is 72.9 Å². The Bertz CT molecular complexity index is 336. The lowest BCUT2D eigenvalue weighted by molar-refractivity contribution is 0.0930. The van der Waals surface area contributed by atoms with Gasteiger partial charge in [0.25, 0.3) is 12.3 Å². The second-order valence-electron chi connectivity index (χ2n) is 2.70. The molecule has 1 amide bonds. The van der Waals surface area contributed by atoms with Crippen molar-refractivity contribution in [3.8, 4) is 0 Å². The van der Waals surface area contributed by atoms with Gasteiger partial charge in [-0.1, -0.05) is 0 Å². The molecule has 1 rings (SSSR count). The van der Waals surface area contributed by atoms with Crippen molar-refractivity contribution in [2.45, 2.75) is 19.9 Å². The summed E-state index contributed by atoms with van der Waals surface area (Å²) in [6.07, 6.45) is -1.35. The Balaban J connectivity index is 3.00. The number of alkyl halides is 2. The molecule has 0 aromatic carbocycles. The lowest BCUT2D eigenvalue weighted by Gasteiger charge is -2.06. The average Bonchev–Trinajstić information content (AvgIpc) is 2.45. The number of hydrazine groups is 1. The first-order valence-electron chi connectivity index (χ1n) is 3.87. The van der Waals surface area contributed by atoms with Gasteiger partial charge in [0, 0.05) is 0 Å². The molecule has 0 aliphatic carbocycles. The van der Waals surface area contributed by atoms with Gasteiger partial charge >= 0.3 is 0 Å². The number of nitrogens with zero attached hydrogens (tertiary/aromatic N) is 2. The van der Waals surface area contributed by atoms with E-state index in [-0.39, 0.29) is 5.69 Å². The van der Waals surface area contributed by atoms with E-state index in [1.54, 1.807) is 6.92 Å². The minimum atomic E-state index is -2.53. The molecule has 0 saturated carbocycles. The third-order valence-corrected chi connectivity index (χ3v) is 1.70. The van der Waals surface area contributed by atoms with Gasteiger partial charge in [-0.05, 0) is 6.92 Å². The zero-order valence-electron chi connectivity index (χ0n) is 7.50. The summed E-state index contributed by atoms with van der Waals surface area (Å²) in [6.45, 7) is 0.982. The molecule has 0 atom stereocenters.